The van der Waals surface area contributed by atoms with Crippen molar-refractivity contribution in [2.24, 2.45) is 5.73 Å². The first-order valence-corrected chi connectivity index (χ1v) is 6.60. The average Bonchev–Trinajstić information content (AvgIpc) is 2.46. The van der Waals surface area contributed by atoms with Gasteiger partial charge in [0.1, 0.15) is 0 Å². The zero-order valence-corrected chi connectivity index (χ0v) is 12.2. The van der Waals surface area contributed by atoms with E-state index in [4.69, 9.17) is 5.73 Å². The van der Waals surface area contributed by atoms with E-state index in [1.807, 2.05) is 0 Å². The number of hydrogen-bond acceptors (Lipinski definition) is 5. The number of primary amides is 1. The van der Waals surface area contributed by atoms with Gasteiger partial charge in [-0.3, -0.25) is 14.4 Å². The fraction of sp³-hybridized carbons (Fsp3) is 0.188. The quantitative estimate of drug-likeness (QED) is 0.568. The Hall–Kier alpha value is -2.73. The Labute approximate surface area is 127 Å². The lowest BCUT2D eigenvalue weighted by Crippen LogP contribution is -2.46. The molecule has 1 aliphatic rings. The van der Waals surface area contributed by atoms with Crippen LogP contribution in [0.1, 0.15) is 24.2 Å². The van der Waals surface area contributed by atoms with E-state index in [1.165, 1.54) is 25.3 Å². The number of nitrogens with two attached hydrogens (primary N) is 1. The summed E-state index contributed by atoms with van der Waals surface area (Å²) in [7, 11) is 0. The average molecular weight is 300 g/mol. The van der Waals surface area contributed by atoms with Crippen molar-refractivity contribution >= 4 is 23.2 Å². The zero-order chi connectivity index (χ0) is 16.5. The van der Waals surface area contributed by atoms with Crippen molar-refractivity contribution in [1.82, 2.24) is 0 Å². The first-order chi connectivity index (χ1) is 10.2. The van der Waals surface area contributed by atoms with Crippen LogP contribution in [0.2, 0.25) is 0 Å². The highest BCUT2D eigenvalue weighted by atomic mass is 16.3. The number of allylic oxidation sites excluding steroid dienone is 1. The number of carbonyl (C=O) groups excluding carboxylic acids is 3. The highest BCUT2D eigenvalue weighted by molar-refractivity contribution is 6.25. The van der Waals surface area contributed by atoms with Crippen LogP contribution in [0.15, 0.2) is 47.7 Å². The Morgan fingerprint density at radius 2 is 2.05 bits per heavy atom. The standard InChI is InChI=1S/C16H16N2O4/c1-9-6-13(19)16(2,22)14(20)12(9)8-18-11-5-3-4-10(7-11)15(17)21/h3-8,18,22H,1-2H3,(H2,17,21)/b12-8-/t16-/m1/s1. The van der Waals surface area contributed by atoms with Gasteiger partial charge in [0.05, 0.1) is 0 Å². The Morgan fingerprint density at radius 3 is 2.68 bits per heavy atom. The zero-order valence-electron chi connectivity index (χ0n) is 12.2. The highest BCUT2D eigenvalue weighted by Crippen LogP contribution is 2.26. The van der Waals surface area contributed by atoms with Crippen molar-refractivity contribution < 1.29 is 19.5 Å². The summed E-state index contributed by atoms with van der Waals surface area (Å²) in [6.07, 6.45) is 2.63. The van der Waals surface area contributed by atoms with E-state index < -0.39 is 23.1 Å². The topological polar surface area (TPSA) is 109 Å². The van der Waals surface area contributed by atoms with Crippen LogP contribution in [0.3, 0.4) is 0 Å². The maximum atomic E-state index is 12.2. The molecular formula is C16H16N2O4. The Morgan fingerprint density at radius 1 is 1.36 bits per heavy atom. The molecule has 0 saturated carbocycles. The van der Waals surface area contributed by atoms with Crippen molar-refractivity contribution in [1.29, 1.82) is 0 Å². The number of amides is 1. The molecule has 4 N–H and O–H groups in total. The van der Waals surface area contributed by atoms with Crippen LogP contribution in [0.5, 0.6) is 0 Å². The van der Waals surface area contributed by atoms with E-state index >= 15 is 0 Å². The van der Waals surface area contributed by atoms with Gasteiger partial charge < -0.3 is 16.2 Å². The summed E-state index contributed by atoms with van der Waals surface area (Å²) in [5.41, 5.74) is 4.69. The van der Waals surface area contributed by atoms with E-state index in [0.717, 1.165) is 0 Å². The minimum Gasteiger partial charge on any atom is -0.374 e. The van der Waals surface area contributed by atoms with Gasteiger partial charge in [-0.25, -0.2) is 0 Å². The monoisotopic (exact) mass is 300 g/mol. The summed E-state index contributed by atoms with van der Waals surface area (Å²) in [4.78, 5) is 34.9. The van der Waals surface area contributed by atoms with Crippen molar-refractivity contribution in [3.05, 3.63) is 53.3 Å². The molecule has 0 aliphatic heterocycles. The smallest absolute Gasteiger partial charge is 0.248 e. The van der Waals surface area contributed by atoms with E-state index in [1.54, 1.807) is 25.1 Å². The second kappa shape index (κ2) is 5.57. The first kappa shape index (κ1) is 15.7. The van der Waals surface area contributed by atoms with Gasteiger partial charge in [-0.2, -0.15) is 0 Å². The van der Waals surface area contributed by atoms with E-state index in [2.05, 4.69) is 5.32 Å². The van der Waals surface area contributed by atoms with E-state index in [0.29, 0.717) is 16.8 Å². The predicted octanol–water partition coefficient (Wildman–Crippen LogP) is 0.930. The molecule has 0 heterocycles. The molecule has 2 rings (SSSR count). The van der Waals surface area contributed by atoms with Gasteiger partial charge in [-0.1, -0.05) is 6.07 Å². The number of nitrogens with one attached hydrogen (secondary N) is 1. The Balaban J connectivity index is 2.32. The summed E-state index contributed by atoms with van der Waals surface area (Å²) in [5, 5.41) is 12.8. The minimum atomic E-state index is -2.05. The molecule has 1 amide bonds. The van der Waals surface area contributed by atoms with Gasteiger partial charge in [0, 0.05) is 23.0 Å². The number of carbonyl (C=O) groups is 3. The molecule has 0 radical (unpaired) electrons. The third kappa shape index (κ3) is 2.82. The fourth-order valence-electron chi connectivity index (χ4n) is 2.07. The van der Waals surface area contributed by atoms with Crippen molar-refractivity contribution in [2.45, 2.75) is 19.4 Å². The van der Waals surface area contributed by atoms with Crippen LogP contribution < -0.4 is 11.1 Å². The number of benzene rings is 1. The molecule has 1 aliphatic carbocycles. The second-order valence-corrected chi connectivity index (χ2v) is 5.24. The highest BCUT2D eigenvalue weighted by Gasteiger charge is 2.42. The molecule has 1 aromatic carbocycles. The number of aliphatic hydroxyl groups is 1. The van der Waals surface area contributed by atoms with Crippen molar-refractivity contribution in [3.8, 4) is 0 Å². The number of rotatable bonds is 3. The lowest BCUT2D eigenvalue weighted by Gasteiger charge is -2.25. The second-order valence-electron chi connectivity index (χ2n) is 5.24. The third-order valence-electron chi connectivity index (χ3n) is 3.47. The van der Waals surface area contributed by atoms with E-state index in [9.17, 15) is 19.5 Å². The molecular weight excluding hydrogens is 284 g/mol. The number of hydrogen-bond donors (Lipinski definition) is 3. The molecule has 0 unspecified atom stereocenters. The SMILES string of the molecule is CC1=CC(=O)[C@@](C)(O)C(=O)/C1=C\Nc1cccc(C(N)=O)c1. The molecule has 0 bridgehead atoms. The normalized spacial score (nSPS) is 23.4. The molecule has 114 valence electrons. The summed E-state index contributed by atoms with van der Waals surface area (Å²) >= 11 is 0. The first-order valence-electron chi connectivity index (χ1n) is 6.60. The minimum absolute atomic E-state index is 0.203. The van der Waals surface area contributed by atoms with Gasteiger partial charge in [-0.15, -0.1) is 0 Å². The van der Waals surface area contributed by atoms with Crippen LogP contribution in [0.25, 0.3) is 0 Å². The summed E-state index contributed by atoms with van der Waals surface area (Å²) < 4.78 is 0. The largest absolute Gasteiger partial charge is 0.374 e. The van der Waals surface area contributed by atoms with Crippen LogP contribution in [0, 0.1) is 0 Å². The molecule has 1 aromatic rings. The molecule has 6 heteroatoms. The number of anilines is 1. The Bertz CT molecular complexity index is 729. The van der Waals surface area contributed by atoms with Crippen LogP contribution in [0.4, 0.5) is 5.69 Å². The maximum Gasteiger partial charge on any atom is 0.248 e. The fourth-order valence-corrected chi connectivity index (χ4v) is 2.07. The van der Waals surface area contributed by atoms with Gasteiger partial charge in [0.15, 0.2) is 11.4 Å². The number of Topliss-reactive ketones (excluding diaryl/α,β-unsaturated/α-hetero) is 1. The Kier molecular flexibility index (Phi) is 3.97. The molecule has 1 atom stereocenters. The van der Waals surface area contributed by atoms with Gasteiger partial charge in [-0.05, 0) is 43.7 Å². The molecule has 0 spiro atoms. The van der Waals surface area contributed by atoms with Crippen molar-refractivity contribution in [2.75, 3.05) is 5.32 Å². The molecule has 0 saturated heterocycles. The van der Waals surface area contributed by atoms with Crippen LogP contribution >= 0.6 is 0 Å². The molecule has 0 fully saturated rings. The third-order valence-corrected chi connectivity index (χ3v) is 3.47. The summed E-state index contributed by atoms with van der Waals surface area (Å²) in [5.74, 6) is -1.87. The molecule has 22 heavy (non-hydrogen) atoms. The lowest BCUT2D eigenvalue weighted by molar-refractivity contribution is -0.144. The van der Waals surface area contributed by atoms with Gasteiger partial charge in [0.2, 0.25) is 11.7 Å². The molecule has 0 aromatic heterocycles. The van der Waals surface area contributed by atoms with Gasteiger partial charge in [0.25, 0.3) is 0 Å². The van der Waals surface area contributed by atoms with Crippen LogP contribution in [-0.4, -0.2) is 28.2 Å². The number of ketones is 2. The lowest BCUT2D eigenvalue weighted by atomic mass is 9.82. The summed E-state index contributed by atoms with van der Waals surface area (Å²) in [6, 6.07) is 6.45. The molecule has 6 nitrogen and oxygen atoms in total. The van der Waals surface area contributed by atoms with Crippen molar-refractivity contribution in [3.63, 3.8) is 0 Å². The van der Waals surface area contributed by atoms with Crippen LogP contribution in [-0.2, 0) is 9.59 Å². The predicted molar refractivity (Wildman–Crippen MR) is 81.1 cm³/mol. The van der Waals surface area contributed by atoms with E-state index in [-0.39, 0.29) is 5.57 Å². The summed E-state index contributed by atoms with van der Waals surface area (Å²) in [6.45, 7) is 2.78. The maximum absolute atomic E-state index is 12.2. The van der Waals surface area contributed by atoms with Gasteiger partial charge >= 0.3 is 0 Å².